The Morgan fingerprint density at radius 3 is 2.71 bits per heavy atom. The minimum atomic E-state index is -1.03. The highest BCUT2D eigenvalue weighted by Crippen LogP contribution is 2.32. The number of aliphatic hydroxyl groups is 1. The van der Waals surface area contributed by atoms with Crippen LogP contribution in [0.2, 0.25) is 0 Å². The third-order valence-electron chi connectivity index (χ3n) is 3.97. The van der Waals surface area contributed by atoms with Crippen molar-refractivity contribution < 1.29 is 5.11 Å². The first-order valence-electron chi connectivity index (χ1n) is 8.20. The van der Waals surface area contributed by atoms with Gasteiger partial charge >= 0.3 is 0 Å². The Morgan fingerprint density at radius 2 is 2.04 bits per heavy atom. The fourth-order valence-electron chi connectivity index (χ4n) is 2.76. The fourth-order valence-corrected chi connectivity index (χ4v) is 2.76. The number of H-pyrrole nitrogens is 1. The van der Waals surface area contributed by atoms with Crippen LogP contribution in [0.25, 0.3) is 22.0 Å². The SMILES string of the molecule is CCc1[nH]ncc1-c1cn(CC)c2cnc(C#CC(C)(C)O)cc12. The van der Waals surface area contributed by atoms with Crippen molar-refractivity contribution >= 4 is 10.9 Å². The van der Waals surface area contributed by atoms with E-state index in [1.807, 2.05) is 18.5 Å². The summed E-state index contributed by atoms with van der Waals surface area (Å²) in [6, 6.07) is 1.99. The van der Waals surface area contributed by atoms with Crippen molar-refractivity contribution in [3.8, 4) is 23.0 Å². The molecule has 0 saturated heterocycles. The molecule has 0 aliphatic carbocycles. The number of nitrogens with one attached hydrogen (secondary N) is 1. The average molecular weight is 322 g/mol. The predicted molar refractivity (Wildman–Crippen MR) is 95.5 cm³/mol. The van der Waals surface area contributed by atoms with Gasteiger partial charge in [-0.15, -0.1) is 0 Å². The first-order chi connectivity index (χ1) is 11.4. The highest BCUT2D eigenvalue weighted by molar-refractivity contribution is 5.96. The number of hydrogen-bond donors (Lipinski definition) is 2. The topological polar surface area (TPSA) is 66.7 Å². The molecule has 5 nitrogen and oxygen atoms in total. The molecule has 0 aliphatic rings. The van der Waals surface area contributed by atoms with Crippen LogP contribution >= 0.6 is 0 Å². The maximum Gasteiger partial charge on any atom is 0.120 e. The molecule has 0 aromatic carbocycles. The Morgan fingerprint density at radius 1 is 1.25 bits per heavy atom. The van der Waals surface area contributed by atoms with Gasteiger partial charge in [-0.2, -0.15) is 5.10 Å². The van der Waals surface area contributed by atoms with Gasteiger partial charge in [-0.05, 0) is 39.2 Å². The highest BCUT2D eigenvalue weighted by atomic mass is 16.3. The van der Waals surface area contributed by atoms with E-state index in [0.717, 1.165) is 40.7 Å². The highest BCUT2D eigenvalue weighted by Gasteiger charge is 2.15. The summed E-state index contributed by atoms with van der Waals surface area (Å²) in [6.45, 7) is 8.42. The summed E-state index contributed by atoms with van der Waals surface area (Å²) in [7, 11) is 0. The quantitative estimate of drug-likeness (QED) is 0.728. The van der Waals surface area contributed by atoms with Crippen molar-refractivity contribution in [2.45, 2.75) is 46.3 Å². The van der Waals surface area contributed by atoms with Crippen LogP contribution in [0.1, 0.15) is 39.1 Å². The Labute approximate surface area is 141 Å². The molecule has 24 heavy (non-hydrogen) atoms. The van der Waals surface area contributed by atoms with Crippen molar-refractivity contribution in [3.63, 3.8) is 0 Å². The molecule has 0 saturated carbocycles. The molecule has 0 radical (unpaired) electrons. The van der Waals surface area contributed by atoms with Crippen molar-refractivity contribution in [1.82, 2.24) is 19.7 Å². The molecule has 0 amide bonds. The van der Waals surface area contributed by atoms with Gasteiger partial charge in [0, 0.05) is 34.9 Å². The molecule has 3 aromatic rings. The molecule has 0 fully saturated rings. The second-order valence-corrected chi connectivity index (χ2v) is 6.34. The van der Waals surface area contributed by atoms with Crippen molar-refractivity contribution in [3.05, 3.63) is 36.0 Å². The molecule has 124 valence electrons. The van der Waals surface area contributed by atoms with E-state index in [1.165, 1.54) is 0 Å². The van der Waals surface area contributed by atoms with Gasteiger partial charge in [-0.1, -0.05) is 12.8 Å². The number of rotatable bonds is 3. The third kappa shape index (κ3) is 3.06. The molecule has 3 heterocycles. The van der Waals surface area contributed by atoms with E-state index >= 15 is 0 Å². The summed E-state index contributed by atoms with van der Waals surface area (Å²) in [6.07, 6.45) is 6.76. The van der Waals surface area contributed by atoms with Crippen molar-refractivity contribution in [2.75, 3.05) is 0 Å². The number of aryl methyl sites for hydroxylation is 2. The summed E-state index contributed by atoms with van der Waals surface area (Å²) in [5.74, 6) is 5.78. The molecular weight excluding hydrogens is 300 g/mol. The first kappa shape index (κ1) is 16.3. The molecule has 0 spiro atoms. The lowest BCUT2D eigenvalue weighted by molar-refractivity contribution is 0.143. The number of aromatic amines is 1. The number of hydrogen-bond acceptors (Lipinski definition) is 3. The lowest BCUT2D eigenvalue weighted by Gasteiger charge is -2.06. The molecule has 3 aromatic heterocycles. The molecule has 3 rings (SSSR count). The van der Waals surface area contributed by atoms with Crippen LogP contribution in [0.5, 0.6) is 0 Å². The summed E-state index contributed by atoms with van der Waals surface area (Å²) in [5, 5.41) is 18.2. The standard InChI is InChI=1S/C19H22N4O/c1-5-17-15(10-21-22-17)16-12-23(6-2)18-11-20-13(9-14(16)18)7-8-19(3,4)24/h9-12,24H,5-6H2,1-4H3,(H,21,22). The zero-order chi connectivity index (χ0) is 17.3. The lowest BCUT2D eigenvalue weighted by Crippen LogP contribution is -2.14. The van der Waals surface area contributed by atoms with Gasteiger partial charge < -0.3 is 9.67 Å². The zero-order valence-corrected chi connectivity index (χ0v) is 14.5. The molecule has 5 heteroatoms. The van der Waals surface area contributed by atoms with Crippen molar-refractivity contribution in [1.29, 1.82) is 0 Å². The summed E-state index contributed by atoms with van der Waals surface area (Å²) >= 11 is 0. The summed E-state index contributed by atoms with van der Waals surface area (Å²) < 4.78 is 2.18. The van der Waals surface area contributed by atoms with Crippen LogP contribution in [-0.2, 0) is 13.0 Å². The second-order valence-electron chi connectivity index (χ2n) is 6.34. The normalized spacial score (nSPS) is 11.5. The Bertz CT molecular complexity index is 932. The third-order valence-corrected chi connectivity index (χ3v) is 3.97. The second kappa shape index (κ2) is 6.14. The van der Waals surface area contributed by atoms with E-state index in [0.29, 0.717) is 5.69 Å². The van der Waals surface area contributed by atoms with Gasteiger partial charge in [0.1, 0.15) is 11.3 Å². The van der Waals surface area contributed by atoms with Crippen LogP contribution in [0.3, 0.4) is 0 Å². The van der Waals surface area contributed by atoms with Gasteiger partial charge in [0.05, 0.1) is 17.9 Å². The van der Waals surface area contributed by atoms with E-state index in [2.05, 4.69) is 51.6 Å². The maximum atomic E-state index is 9.79. The number of fused-ring (bicyclic) bond motifs is 1. The van der Waals surface area contributed by atoms with Gasteiger partial charge in [0.15, 0.2) is 0 Å². The Hall–Kier alpha value is -2.58. The van der Waals surface area contributed by atoms with Gasteiger partial charge in [-0.3, -0.25) is 5.10 Å². The molecule has 0 bridgehead atoms. The Balaban J connectivity index is 2.20. The van der Waals surface area contributed by atoms with E-state index in [4.69, 9.17) is 0 Å². The number of nitrogens with zero attached hydrogens (tertiary/aromatic N) is 3. The largest absolute Gasteiger partial charge is 0.378 e. The minimum Gasteiger partial charge on any atom is -0.378 e. The van der Waals surface area contributed by atoms with E-state index in [9.17, 15) is 5.11 Å². The molecule has 0 atom stereocenters. The number of pyridine rings is 1. The zero-order valence-electron chi connectivity index (χ0n) is 14.5. The molecular formula is C19H22N4O. The molecule has 2 N–H and O–H groups in total. The number of aromatic nitrogens is 4. The average Bonchev–Trinajstić information content (AvgIpc) is 3.15. The van der Waals surface area contributed by atoms with Gasteiger partial charge in [0.2, 0.25) is 0 Å². The van der Waals surface area contributed by atoms with Crippen LogP contribution in [0, 0.1) is 11.8 Å². The molecule has 0 aliphatic heterocycles. The monoisotopic (exact) mass is 322 g/mol. The van der Waals surface area contributed by atoms with E-state index in [1.54, 1.807) is 13.8 Å². The lowest BCUT2D eigenvalue weighted by atomic mass is 10.0. The van der Waals surface area contributed by atoms with Crippen LogP contribution in [0.4, 0.5) is 0 Å². The molecule has 0 unspecified atom stereocenters. The van der Waals surface area contributed by atoms with Gasteiger partial charge in [0.25, 0.3) is 0 Å². The van der Waals surface area contributed by atoms with Crippen LogP contribution in [-0.4, -0.2) is 30.5 Å². The Kier molecular flexibility index (Phi) is 4.16. The summed E-state index contributed by atoms with van der Waals surface area (Å²) in [4.78, 5) is 4.43. The van der Waals surface area contributed by atoms with Crippen LogP contribution < -0.4 is 0 Å². The smallest absolute Gasteiger partial charge is 0.120 e. The van der Waals surface area contributed by atoms with E-state index < -0.39 is 5.60 Å². The first-order valence-corrected chi connectivity index (χ1v) is 8.20. The maximum absolute atomic E-state index is 9.79. The van der Waals surface area contributed by atoms with Crippen LogP contribution in [0.15, 0.2) is 24.7 Å². The van der Waals surface area contributed by atoms with Gasteiger partial charge in [-0.25, -0.2) is 4.98 Å². The minimum absolute atomic E-state index is 0.654. The fraction of sp³-hybridized carbons (Fsp3) is 0.368. The predicted octanol–water partition coefficient (Wildman–Crippen LogP) is 3.13. The van der Waals surface area contributed by atoms with E-state index in [-0.39, 0.29) is 0 Å². The van der Waals surface area contributed by atoms with Crippen molar-refractivity contribution in [2.24, 2.45) is 0 Å². The summed E-state index contributed by atoms with van der Waals surface area (Å²) in [5.41, 5.74) is 4.06.